The molecule has 0 aromatic carbocycles. The highest BCUT2D eigenvalue weighted by Crippen LogP contribution is 2.38. The number of carboxylic acids is 1. The lowest BCUT2D eigenvalue weighted by Crippen LogP contribution is -2.33. The highest BCUT2D eigenvalue weighted by atomic mass is 16.6. The van der Waals surface area contributed by atoms with Gasteiger partial charge in [0.1, 0.15) is 12.4 Å². The first-order valence-corrected chi connectivity index (χ1v) is 8.77. The standard InChI is InChI=1S/C19H17N3O5/c1-10-15-13(27-17(10)19(23)24)5-4-11-7-22(21-16(11)15)8-12-9-25-18-14(26-12)3-2-6-20-18/h2-3,6-7,12H,4-5,8-9H2,1H3,(H,23,24). The average molecular weight is 367 g/mol. The minimum absolute atomic E-state index is 0.00415. The van der Waals surface area contributed by atoms with Crippen molar-refractivity contribution < 1.29 is 23.8 Å². The predicted molar refractivity (Wildman–Crippen MR) is 93.2 cm³/mol. The molecule has 0 spiro atoms. The van der Waals surface area contributed by atoms with Crippen molar-refractivity contribution in [2.24, 2.45) is 0 Å². The van der Waals surface area contributed by atoms with Crippen molar-refractivity contribution in [3.05, 3.63) is 47.2 Å². The molecule has 4 heterocycles. The number of rotatable bonds is 3. The molecule has 8 heteroatoms. The summed E-state index contributed by atoms with van der Waals surface area (Å²) in [6, 6.07) is 3.64. The first kappa shape index (κ1) is 15.9. The summed E-state index contributed by atoms with van der Waals surface area (Å²) in [4.78, 5) is 15.5. The predicted octanol–water partition coefficient (Wildman–Crippen LogP) is 2.48. The van der Waals surface area contributed by atoms with E-state index in [9.17, 15) is 9.90 Å². The Bertz CT molecular complexity index is 1050. The van der Waals surface area contributed by atoms with Crippen LogP contribution in [0.1, 0.15) is 27.4 Å². The van der Waals surface area contributed by atoms with E-state index in [1.807, 2.05) is 16.9 Å². The summed E-state index contributed by atoms with van der Waals surface area (Å²) in [6.07, 6.45) is 4.92. The van der Waals surface area contributed by atoms with E-state index >= 15 is 0 Å². The van der Waals surface area contributed by atoms with Crippen LogP contribution in [0, 0.1) is 6.92 Å². The number of nitrogens with zero attached hydrogens (tertiary/aromatic N) is 3. The van der Waals surface area contributed by atoms with Crippen LogP contribution >= 0.6 is 0 Å². The average Bonchev–Trinajstić information content (AvgIpc) is 3.22. The topological polar surface area (TPSA) is 99.6 Å². The van der Waals surface area contributed by atoms with Gasteiger partial charge in [-0.1, -0.05) is 0 Å². The highest BCUT2D eigenvalue weighted by Gasteiger charge is 2.30. The number of hydrogen-bond donors (Lipinski definition) is 1. The number of carbonyl (C=O) groups is 1. The van der Waals surface area contributed by atoms with Gasteiger partial charge in [0.2, 0.25) is 5.76 Å². The zero-order chi connectivity index (χ0) is 18.5. The van der Waals surface area contributed by atoms with Crippen molar-refractivity contribution in [3.8, 4) is 22.9 Å². The largest absolute Gasteiger partial charge is 0.479 e. The van der Waals surface area contributed by atoms with Gasteiger partial charge in [0.15, 0.2) is 11.9 Å². The zero-order valence-corrected chi connectivity index (χ0v) is 14.6. The fourth-order valence-electron chi connectivity index (χ4n) is 3.72. The van der Waals surface area contributed by atoms with Crippen LogP contribution < -0.4 is 9.47 Å². The van der Waals surface area contributed by atoms with Crippen LogP contribution in [0.4, 0.5) is 0 Å². The maximum Gasteiger partial charge on any atom is 0.372 e. The minimum Gasteiger partial charge on any atom is -0.479 e. The van der Waals surface area contributed by atoms with Crippen LogP contribution in [0.15, 0.2) is 28.9 Å². The van der Waals surface area contributed by atoms with Crippen LogP contribution in [-0.4, -0.2) is 38.6 Å². The maximum atomic E-state index is 11.4. The van der Waals surface area contributed by atoms with Crippen LogP contribution in [0.2, 0.25) is 0 Å². The van der Waals surface area contributed by atoms with E-state index in [1.54, 1.807) is 19.2 Å². The Morgan fingerprint density at radius 1 is 1.41 bits per heavy atom. The number of furan rings is 1. The van der Waals surface area contributed by atoms with Gasteiger partial charge in [0, 0.05) is 29.9 Å². The molecule has 0 saturated carbocycles. The molecule has 27 heavy (non-hydrogen) atoms. The fourth-order valence-corrected chi connectivity index (χ4v) is 3.72. The van der Waals surface area contributed by atoms with Gasteiger partial charge in [-0.25, -0.2) is 9.78 Å². The van der Waals surface area contributed by atoms with E-state index in [2.05, 4.69) is 10.1 Å². The molecule has 2 aliphatic rings. The Balaban J connectivity index is 1.43. The Morgan fingerprint density at radius 3 is 3.15 bits per heavy atom. The summed E-state index contributed by atoms with van der Waals surface area (Å²) >= 11 is 0. The number of aryl methyl sites for hydroxylation is 2. The summed E-state index contributed by atoms with van der Waals surface area (Å²) in [7, 11) is 0. The number of hydrogen-bond acceptors (Lipinski definition) is 6. The molecule has 5 rings (SSSR count). The third-order valence-electron chi connectivity index (χ3n) is 4.94. The van der Waals surface area contributed by atoms with Crippen molar-refractivity contribution in [3.63, 3.8) is 0 Å². The molecule has 1 N–H and O–H groups in total. The van der Waals surface area contributed by atoms with E-state index in [0.717, 1.165) is 23.2 Å². The van der Waals surface area contributed by atoms with Gasteiger partial charge in [-0.3, -0.25) is 4.68 Å². The second-order valence-electron chi connectivity index (χ2n) is 6.74. The molecule has 0 fully saturated rings. The molecular weight excluding hydrogens is 350 g/mol. The second kappa shape index (κ2) is 5.87. The lowest BCUT2D eigenvalue weighted by molar-refractivity contribution is 0.0659. The molecule has 3 aromatic heterocycles. The van der Waals surface area contributed by atoms with Gasteiger partial charge in [0.05, 0.1) is 12.2 Å². The Kier molecular flexibility index (Phi) is 3.46. The summed E-state index contributed by atoms with van der Waals surface area (Å²) in [5, 5.41) is 14.0. The molecular formula is C19H17N3O5. The Labute approximate surface area is 154 Å². The number of aromatic carboxylic acids is 1. The van der Waals surface area contributed by atoms with Crippen LogP contribution in [-0.2, 0) is 19.4 Å². The van der Waals surface area contributed by atoms with Gasteiger partial charge in [-0.05, 0) is 31.0 Å². The smallest absolute Gasteiger partial charge is 0.372 e. The van der Waals surface area contributed by atoms with Gasteiger partial charge in [-0.15, -0.1) is 0 Å². The second-order valence-corrected chi connectivity index (χ2v) is 6.74. The molecule has 0 radical (unpaired) electrons. The maximum absolute atomic E-state index is 11.4. The van der Waals surface area contributed by atoms with Gasteiger partial charge >= 0.3 is 5.97 Å². The molecule has 1 aliphatic carbocycles. The summed E-state index contributed by atoms with van der Waals surface area (Å²) in [5.41, 5.74) is 3.31. The number of fused-ring (bicyclic) bond motifs is 4. The van der Waals surface area contributed by atoms with E-state index in [0.29, 0.717) is 42.5 Å². The summed E-state index contributed by atoms with van der Waals surface area (Å²) in [5.74, 6) is 0.774. The normalized spacial score (nSPS) is 17.3. The number of pyridine rings is 1. The van der Waals surface area contributed by atoms with E-state index in [4.69, 9.17) is 13.9 Å². The first-order chi connectivity index (χ1) is 13.1. The molecule has 1 aliphatic heterocycles. The van der Waals surface area contributed by atoms with E-state index in [-0.39, 0.29) is 11.9 Å². The van der Waals surface area contributed by atoms with Gasteiger partial charge < -0.3 is 19.0 Å². The van der Waals surface area contributed by atoms with Crippen molar-refractivity contribution in [2.45, 2.75) is 32.4 Å². The Morgan fingerprint density at radius 2 is 2.30 bits per heavy atom. The minimum atomic E-state index is -1.05. The summed E-state index contributed by atoms with van der Waals surface area (Å²) < 4.78 is 19.0. The molecule has 1 unspecified atom stereocenters. The van der Waals surface area contributed by atoms with Crippen molar-refractivity contribution in [1.82, 2.24) is 14.8 Å². The van der Waals surface area contributed by atoms with Crippen molar-refractivity contribution in [1.29, 1.82) is 0 Å². The fraction of sp³-hybridized carbons (Fsp3) is 0.316. The lowest BCUT2D eigenvalue weighted by atomic mass is 9.94. The molecule has 8 nitrogen and oxygen atoms in total. The molecule has 0 amide bonds. The zero-order valence-electron chi connectivity index (χ0n) is 14.6. The highest BCUT2D eigenvalue weighted by molar-refractivity contribution is 5.90. The molecule has 3 aromatic rings. The number of ether oxygens (including phenoxy) is 2. The number of aromatic nitrogens is 3. The third kappa shape index (κ3) is 2.56. The lowest BCUT2D eigenvalue weighted by Gasteiger charge is -2.25. The molecule has 1 atom stereocenters. The monoisotopic (exact) mass is 367 g/mol. The van der Waals surface area contributed by atoms with Crippen molar-refractivity contribution >= 4 is 5.97 Å². The van der Waals surface area contributed by atoms with Crippen LogP contribution in [0.25, 0.3) is 11.3 Å². The Hall–Kier alpha value is -3.29. The molecule has 138 valence electrons. The van der Waals surface area contributed by atoms with Gasteiger partial charge in [0.25, 0.3) is 5.88 Å². The SMILES string of the molecule is Cc1c(C(=O)O)oc2c1-c1nn(CC3COc4ncccc4O3)cc1CC2. The van der Waals surface area contributed by atoms with E-state index < -0.39 is 5.97 Å². The number of carboxylic acid groups (broad SMARTS) is 1. The van der Waals surface area contributed by atoms with Gasteiger partial charge in [-0.2, -0.15) is 5.10 Å². The molecule has 0 saturated heterocycles. The first-order valence-electron chi connectivity index (χ1n) is 8.77. The summed E-state index contributed by atoms with van der Waals surface area (Å²) in [6.45, 7) is 2.69. The van der Waals surface area contributed by atoms with Crippen molar-refractivity contribution in [2.75, 3.05) is 6.61 Å². The third-order valence-corrected chi connectivity index (χ3v) is 4.94. The van der Waals surface area contributed by atoms with Crippen LogP contribution in [0.5, 0.6) is 11.6 Å². The quantitative estimate of drug-likeness (QED) is 0.759. The molecule has 0 bridgehead atoms. The van der Waals surface area contributed by atoms with Crippen LogP contribution in [0.3, 0.4) is 0 Å². The van der Waals surface area contributed by atoms with E-state index in [1.165, 1.54) is 0 Å².